The van der Waals surface area contributed by atoms with Gasteiger partial charge in [-0.3, -0.25) is 9.78 Å². The number of rotatable bonds is 6. The van der Waals surface area contributed by atoms with Crippen molar-refractivity contribution in [2.45, 2.75) is 12.5 Å². The van der Waals surface area contributed by atoms with E-state index in [1.807, 2.05) is 43.4 Å². The first-order valence-corrected chi connectivity index (χ1v) is 10.6. The lowest BCUT2D eigenvalue weighted by atomic mass is 10.0. The number of nitrogen functional groups attached to an aromatic ring is 1. The average molecular weight is 450 g/mol. The molecule has 1 aromatic carbocycles. The Morgan fingerprint density at radius 1 is 1.25 bits per heavy atom. The van der Waals surface area contributed by atoms with Crippen LogP contribution in [0.5, 0.6) is 5.75 Å². The van der Waals surface area contributed by atoms with E-state index in [9.17, 15) is 4.79 Å². The summed E-state index contributed by atoms with van der Waals surface area (Å²) in [5, 5.41) is 3.41. The predicted octanol–water partition coefficient (Wildman–Crippen LogP) is 3.58. The zero-order valence-electron chi connectivity index (χ0n) is 17.9. The molecule has 2 aromatic heterocycles. The number of fused-ring (bicyclic) bond motifs is 1. The molecular weight excluding hydrogens is 426 g/mol. The third-order valence-electron chi connectivity index (χ3n) is 5.15. The molecule has 1 unspecified atom stereocenters. The van der Waals surface area contributed by atoms with Crippen LogP contribution in [0.2, 0.25) is 5.02 Å². The van der Waals surface area contributed by atoms with Gasteiger partial charge in [0.15, 0.2) is 0 Å². The largest absolute Gasteiger partial charge is 0.486 e. The zero-order valence-corrected chi connectivity index (χ0v) is 18.6. The molecule has 3 aromatic rings. The molecule has 0 bridgehead atoms. The summed E-state index contributed by atoms with van der Waals surface area (Å²) in [6.45, 7) is 0.374. The Kier molecular flexibility index (Phi) is 6.28. The van der Waals surface area contributed by atoms with Gasteiger partial charge < -0.3 is 20.7 Å². The molecule has 3 heterocycles. The van der Waals surface area contributed by atoms with Crippen LogP contribution in [0.15, 0.2) is 54.9 Å². The van der Waals surface area contributed by atoms with E-state index in [0.717, 1.165) is 28.1 Å². The molecule has 1 aliphatic rings. The minimum Gasteiger partial charge on any atom is -0.486 e. The molecule has 0 spiro atoms. The van der Waals surface area contributed by atoms with Crippen molar-refractivity contribution in [1.29, 1.82) is 0 Å². The molecular formula is C24H24ClN5O2. The average Bonchev–Trinajstić information content (AvgIpc) is 3.21. The molecule has 3 N–H and O–H groups in total. The van der Waals surface area contributed by atoms with Crippen molar-refractivity contribution in [2.75, 3.05) is 31.3 Å². The van der Waals surface area contributed by atoms with E-state index < -0.39 is 0 Å². The molecule has 0 aliphatic carbocycles. The number of amides is 1. The third kappa shape index (κ3) is 5.00. The number of hydrogen-bond donors (Lipinski definition) is 2. The normalized spacial score (nSPS) is 14.8. The van der Waals surface area contributed by atoms with Crippen molar-refractivity contribution in [1.82, 2.24) is 15.3 Å². The lowest BCUT2D eigenvalue weighted by Gasteiger charge is -2.12. The number of nitrogens with one attached hydrogen (secondary N) is 1. The van der Waals surface area contributed by atoms with E-state index >= 15 is 0 Å². The number of benzene rings is 1. The van der Waals surface area contributed by atoms with Gasteiger partial charge in [-0.05, 0) is 48.0 Å². The van der Waals surface area contributed by atoms with Crippen LogP contribution in [0.4, 0.5) is 11.5 Å². The van der Waals surface area contributed by atoms with Gasteiger partial charge in [0.2, 0.25) is 5.91 Å². The van der Waals surface area contributed by atoms with E-state index in [-0.39, 0.29) is 12.0 Å². The van der Waals surface area contributed by atoms with Crippen LogP contribution in [-0.2, 0) is 11.2 Å². The Bertz CT molecular complexity index is 1140. The summed E-state index contributed by atoms with van der Waals surface area (Å²) >= 11 is 6.49. The highest BCUT2D eigenvalue weighted by Crippen LogP contribution is 2.39. The molecule has 0 fully saturated rings. The van der Waals surface area contributed by atoms with E-state index in [1.54, 1.807) is 24.4 Å². The predicted molar refractivity (Wildman–Crippen MR) is 128 cm³/mol. The summed E-state index contributed by atoms with van der Waals surface area (Å²) in [5.41, 5.74) is 10.2. The summed E-state index contributed by atoms with van der Waals surface area (Å²) in [6, 6.07) is 11.4. The maximum atomic E-state index is 12.2. The molecule has 1 amide bonds. The number of pyridine rings is 2. The Labute approximate surface area is 191 Å². The summed E-state index contributed by atoms with van der Waals surface area (Å²) in [5.74, 6) is 0.897. The molecule has 0 saturated carbocycles. The van der Waals surface area contributed by atoms with Crippen LogP contribution in [0.25, 0.3) is 17.3 Å². The summed E-state index contributed by atoms with van der Waals surface area (Å²) in [4.78, 5) is 22.7. The second-order valence-corrected chi connectivity index (χ2v) is 8.19. The summed E-state index contributed by atoms with van der Waals surface area (Å²) in [7, 11) is 3.95. The van der Waals surface area contributed by atoms with Crippen molar-refractivity contribution in [3.05, 3.63) is 71.0 Å². The standard InChI is InChI=1S/C24H24ClN5O2/c1-30(2)18-5-6-21(27-13-18)16-9-17-10-19(32-24(17)20(25)11-16)14-29-23(31)8-4-15-3-7-22(26)28-12-15/h3-9,11-13,19H,10,14H2,1-2H3,(H2,26,28)(H,29,31). The molecule has 8 heteroatoms. The highest BCUT2D eigenvalue weighted by atomic mass is 35.5. The van der Waals surface area contributed by atoms with E-state index in [1.165, 1.54) is 6.08 Å². The van der Waals surface area contributed by atoms with Gasteiger partial charge in [0.1, 0.15) is 17.7 Å². The SMILES string of the molecule is CN(C)c1ccc(-c2cc(Cl)c3c(c2)CC(CNC(=O)C=Cc2ccc(N)nc2)O3)nc1. The van der Waals surface area contributed by atoms with E-state index in [2.05, 4.69) is 21.4 Å². The molecule has 0 saturated heterocycles. The van der Waals surface area contributed by atoms with Crippen molar-refractivity contribution in [2.24, 2.45) is 0 Å². The molecule has 7 nitrogen and oxygen atoms in total. The van der Waals surface area contributed by atoms with Crippen LogP contribution < -0.4 is 20.7 Å². The fourth-order valence-corrected chi connectivity index (χ4v) is 3.71. The fourth-order valence-electron chi connectivity index (χ4n) is 3.43. The van der Waals surface area contributed by atoms with Crippen molar-refractivity contribution < 1.29 is 9.53 Å². The van der Waals surface area contributed by atoms with Gasteiger partial charge in [-0.1, -0.05) is 11.6 Å². The van der Waals surface area contributed by atoms with E-state index in [0.29, 0.717) is 29.6 Å². The van der Waals surface area contributed by atoms with Crippen LogP contribution in [0, 0.1) is 0 Å². The smallest absolute Gasteiger partial charge is 0.244 e. The van der Waals surface area contributed by atoms with Crippen LogP contribution in [0.1, 0.15) is 11.1 Å². The van der Waals surface area contributed by atoms with Crippen molar-refractivity contribution >= 4 is 35.1 Å². The van der Waals surface area contributed by atoms with Gasteiger partial charge in [-0.25, -0.2) is 4.98 Å². The number of anilines is 2. The van der Waals surface area contributed by atoms with Crippen molar-refractivity contribution in [3.8, 4) is 17.0 Å². The fraction of sp³-hybridized carbons (Fsp3) is 0.208. The minimum atomic E-state index is -0.210. The first kappa shape index (κ1) is 21.6. The zero-order chi connectivity index (χ0) is 22.7. The van der Waals surface area contributed by atoms with Gasteiger partial charge in [0.25, 0.3) is 0 Å². The van der Waals surface area contributed by atoms with Crippen LogP contribution in [0.3, 0.4) is 0 Å². The van der Waals surface area contributed by atoms with Crippen LogP contribution in [-0.4, -0.2) is 42.6 Å². The Morgan fingerprint density at radius 3 is 2.78 bits per heavy atom. The number of carbonyl (C=O) groups is 1. The number of aromatic nitrogens is 2. The lowest BCUT2D eigenvalue weighted by molar-refractivity contribution is -0.116. The second kappa shape index (κ2) is 9.28. The topological polar surface area (TPSA) is 93.4 Å². The Hall–Kier alpha value is -3.58. The number of carbonyl (C=O) groups excluding carboxylic acids is 1. The monoisotopic (exact) mass is 449 g/mol. The highest BCUT2D eigenvalue weighted by molar-refractivity contribution is 6.32. The van der Waals surface area contributed by atoms with E-state index in [4.69, 9.17) is 22.1 Å². The molecule has 1 atom stereocenters. The van der Waals surface area contributed by atoms with Crippen LogP contribution >= 0.6 is 11.6 Å². The lowest BCUT2D eigenvalue weighted by Crippen LogP contribution is -2.33. The highest BCUT2D eigenvalue weighted by Gasteiger charge is 2.26. The number of nitrogens with two attached hydrogens (primary N) is 1. The maximum absolute atomic E-state index is 12.2. The maximum Gasteiger partial charge on any atom is 0.244 e. The number of hydrogen-bond acceptors (Lipinski definition) is 6. The molecule has 4 rings (SSSR count). The molecule has 0 radical (unpaired) electrons. The third-order valence-corrected chi connectivity index (χ3v) is 5.43. The van der Waals surface area contributed by atoms with Gasteiger partial charge >= 0.3 is 0 Å². The molecule has 164 valence electrons. The van der Waals surface area contributed by atoms with Gasteiger partial charge in [-0.2, -0.15) is 0 Å². The summed E-state index contributed by atoms with van der Waals surface area (Å²) < 4.78 is 5.98. The molecule has 1 aliphatic heterocycles. The van der Waals surface area contributed by atoms with Gasteiger partial charge in [0.05, 0.1) is 29.1 Å². The first-order valence-electron chi connectivity index (χ1n) is 10.2. The summed E-state index contributed by atoms with van der Waals surface area (Å²) in [6.07, 6.45) is 7.06. The molecule has 32 heavy (non-hydrogen) atoms. The first-order chi connectivity index (χ1) is 15.4. The Balaban J connectivity index is 1.37. The van der Waals surface area contributed by atoms with Crippen molar-refractivity contribution in [3.63, 3.8) is 0 Å². The number of ether oxygens (including phenoxy) is 1. The van der Waals surface area contributed by atoms with Gasteiger partial charge in [0, 0.05) is 43.9 Å². The quantitative estimate of drug-likeness (QED) is 0.559. The minimum absolute atomic E-state index is 0.183. The number of nitrogens with zero attached hydrogens (tertiary/aromatic N) is 3. The second-order valence-electron chi connectivity index (χ2n) is 7.78. The number of halogens is 1. The Morgan fingerprint density at radius 2 is 2.09 bits per heavy atom. The van der Waals surface area contributed by atoms with Gasteiger partial charge in [-0.15, -0.1) is 0 Å².